The highest BCUT2D eigenvalue weighted by molar-refractivity contribution is 5.69. The normalized spacial score (nSPS) is 13.5. The van der Waals surface area contributed by atoms with Crippen LogP contribution in [0.25, 0.3) is 0 Å². The van der Waals surface area contributed by atoms with Gasteiger partial charge in [0.2, 0.25) is 0 Å². The maximum atomic E-state index is 10.5. The van der Waals surface area contributed by atoms with Gasteiger partial charge >= 0.3 is 5.97 Å². The summed E-state index contributed by atoms with van der Waals surface area (Å²) in [5.74, 6) is -0.826. The van der Waals surface area contributed by atoms with Crippen molar-refractivity contribution >= 4 is 5.97 Å². The molecule has 0 bridgehead atoms. The fourth-order valence-corrected chi connectivity index (χ4v) is 3.72. The van der Waals surface area contributed by atoms with Crippen molar-refractivity contribution in [2.75, 3.05) is 13.1 Å². The van der Waals surface area contributed by atoms with E-state index in [9.17, 15) is 4.79 Å². The van der Waals surface area contributed by atoms with Crippen LogP contribution in [-0.2, 0) is 4.79 Å². The number of carboxylic acid groups (broad SMARTS) is 1. The molecule has 2 unspecified atom stereocenters. The van der Waals surface area contributed by atoms with Crippen LogP contribution in [0.3, 0.4) is 0 Å². The van der Waals surface area contributed by atoms with E-state index in [1.54, 1.807) is 0 Å². The van der Waals surface area contributed by atoms with Crippen molar-refractivity contribution in [3.8, 4) is 0 Å². The van der Waals surface area contributed by atoms with Gasteiger partial charge in [0.1, 0.15) is 0 Å². The average Bonchev–Trinajstić information content (AvgIpc) is 2.68. The fourth-order valence-electron chi connectivity index (χ4n) is 3.72. The second-order valence-corrected chi connectivity index (χ2v) is 8.64. The quantitative estimate of drug-likeness (QED) is 0.126. The van der Waals surface area contributed by atoms with Crippen LogP contribution >= 0.6 is 0 Å². The van der Waals surface area contributed by atoms with Crippen molar-refractivity contribution < 1.29 is 9.90 Å². The number of unbranched alkanes of at least 4 members (excludes halogenated alkanes) is 15. The van der Waals surface area contributed by atoms with Crippen molar-refractivity contribution in [3.63, 3.8) is 0 Å². The Bertz CT molecular complexity index is 353. The lowest BCUT2D eigenvalue weighted by Gasteiger charge is -2.21. The predicted octanol–water partition coefficient (Wildman–Crippen LogP) is 5.79. The zero-order valence-electron chi connectivity index (χ0n) is 19.7. The lowest BCUT2D eigenvalue weighted by atomic mass is 10.0. The van der Waals surface area contributed by atoms with Gasteiger partial charge < -0.3 is 10.4 Å². The highest BCUT2D eigenvalue weighted by atomic mass is 16.4. The van der Waals surface area contributed by atoms with Crippen LogP contribution in [0.5, 0.6) is 0 Å². The molecule has 0 aromatic rings. The van der Waals surface area contributed by atoms with Gasteiger partial charge in [-0.05, 0) is 26.8 Å². The third-order valence-electron chi connectivity index (χ3n) is 5.54. The highest BCUT2D eigenvalue weighted by Gasteiger charge is 2.07. The van der Waals surface area contributed by atoms with Gasteiger partial charge in [0.15, 0.2) is 0 Å². The lowest BCUT2D eigenvalue weighted by molar-refractivity contribution is -0.136. The number of carbonyl (C=O) groups is 1. The first-order valence-electron chi connectivity index (χ1n) is 12.5. The van der Waals surface area contributed by atoms with E-state index >= 15 is 0 Å². The summed E-state index contributed by atoms with van der Waals surface area (Å²) in [6, 6.07) is 0. The van der Waals surface area contributed by atoms with Gasteiger partial charge in [0.25, 0.3) is 0 Å². The second-order valence-electron chi connectivity index (χ2n) is 8.64. The zero-order chi connectivity index (χ0) is 21.6. The van der Waals surface area contributed by atoms with Crippen LogP contribution in [0.15, 0.2) is 0 Å². The Morgan fingerprint density at radius 2 is 1.03 bits per heavy atom. The second kappa shape index (κ2) is 22.0. The van der Waals surface area contributed by atoms with Gasteiger partial charge in [0, 0.05) is 0 Å². The molecule has 0 saturated heterocycles. The van der Waals surface area contributed by atoms with Crippen molar-refractivity contribution in [1.82, 2.24) is 16.0 Å². The molecule has 0 fully saturated rings. The summed E-state index contributed by atoms with van der Waals surface area (Å²) >= 11 is 0. The smallest absolute Gasteiger partial charge is 0.317 e. The summed E-state index contributed by atoms with van der Waals surface area (Å²) in [7, 11) is 0. The van der Waals surface area contributed by atoms with Crippen LogP contribution < -0.4 is 16.0 Å². The lowest BCUT2D eigenvalue weighted by Crippen LogP contribution is -2.51. The van der Waals surface area contributed by atoms with E-state index in [1.165, 1.54) is 103 Å². The van der Waals surface area contributed by atoms with Crippen molar-refractivity contribution in [2.24, 2.45) is 0 Å². The van der Waals surface area contributed by atoms with Gasteiger partial charge in [-0.2, -0.15) is 0 Å². The van der Waals surface area contributed by atoms with Crippen molar-refractivity contribution in [1.29, 1.82) is 0 Å². The van der Waals surface area contributed by atoms with E-state index in [0.717, 1.165) is 6.54 Å². The summed E-state index contributed by atoms with van der Waals surface area (Å²) in [6.07, 6.45) is 22.5. The molecule has 0 aromatic heterocycles. The molecule has 0 aliphatic heterocycles. The van der Waals surface area contributed by atoms with E-state index < -0.39 is 5.97 Å². The number of aliphatic carboxylic acids is 1. The first-order valence-corrected chi connectivity index (χ1v) is 12.5. The first kappa shape index (κ1) is 28.4. The third-order valence-corrected chi connectivity index (χ3v) is 5.54. The Morgan fingerprint density at radius 3 is 1.45 bits per heavy atom. The van der Waals surface area contributed by atoms with E-state index in [0.29, 0.717) is 0 Å². The highest BCUT2D eigenvalue weighted by Crippen LogP contribution is 2.13. The van der Waals surface area contributed by atoms with Crippen LogP contribution in [-0.4, -0.2) is 36.5 Å². The minimum Gasteiger partial charge on any atom is -0.480 e. The summed E-state index contributed by atoms with van der Waals surface area (Å²) < 4.78 is 0. The maximum Gasteiger partial charge on any atom is 0.317 e. The molecule has 29 heavy (non-hydrogen) atoms. The van der Waals surface area contributed by atoms with Gasteiger partial charge in [-0.3, -0.25) is 15.4 Å². The number of nitrogens with one attached hydrogen (secondary N) is 3. The number of hydrogen-bond donors (Lipinski definition) is 4. The average molecular weight is 414 g/mol. The molecule has 0 aromatic carbocycles. The van der Waals surface area contributed by atoms with Gasteiger partial charge in [-0.1, -0.05) is 103 Å². The summed E-state index contributed by atoms with van der Waals surface area (Å²) in [5.41, 5.74) is 0. The zero-order valence-corrected chi connectivity index (χ0v) is 19.7. The maximum absolute atomic E-state index is 10.5. The molecule has 0 aliphatic carbocycles. The molecule has 0 amide bonds. The topological polar surface area (TPSA) is 73.4 Å². The van der Waals surface area contributed by atoms with Crippen molar-refractivity contribution in [3.05, 3.63) is 0 Å². The van der Waals surface area contributed by atoms with Gasteiger partial charge in [0.05, 0.1) is 18.9 Å². The molecule has 0 heterocycles. The molecule has 2 atom stereocenters. The number of carboxylic acids is 1. The van der Waals surface area contributed by atoms with Gasteiger partial charge in [-0.25, -0.2) is 0 Å². The Kier molecular flexibility index (Phi) is 21.6. The van der Waals surface area contributed by atoms with Crippen LogP contribution in [0.4, 0.5) is 0 Å². The first-order chi connectivity index (χ1) is 14.1. The minimum absolute atomic E-state index is 0.0139. The molecule has 0 rings (SSSR count). The van der Waals surface area contributed by atoms with E-state index in [-0.39, 0.29) is 18.9 Å². The Hall–Kier alpha value is -0.650. The SMILES string of the molecule is CCCCCCCCCCCCCCCCCCNC(C)NC(C)NCC(=O)O. The minimum atomic E-state index is -0.826. The molecular weight excluding hydrogens is 362 g/mol. The summed E-state index contributed by atoms with van der Waals surface area (Å²) in [4.78, 5) is 10.5. The molecule has 0 radical (unpaired) electrons. The molecule has 4 N–H and O–H groups in total. The fraction of sp³-hybridized carbons (Fsp3) is 0.958. The Morgan fingerprint density at radius 1 is 0.655 bits per heavy atom. The predicted molar refractivity (Wildman–Crippen MR) is 125 cm³/mol. The summed E-state index contributed by atoms with van der Waals surface area (Å²) in [6.45, 7) is 7.30. The van der Waals surface area contributed by atoms with E-state index in [4.69, 9.17) is 5.11 Å². The molecule has 5 nitrogen and oxygen atoms in total. The third kappa shape index (κ3) is 23.5. The molecule has 5 heteroatoms. The van der Waals surface area contributed by atoms with Gasteiger partial charge in [-0.15, -0.1) is 0 Å². The standard InChI is InChI=1S/C24H51N3O2/c1-4-5-6-7-8-9-10-11-12-13-14-15-16-17-18-19-20-25-22(2)27-23(3)26-21-24(28)29/h22-23,25-27H,4-21H2,1-3H3,(H,28,29). The molecular formula is C24H51N3O2. The number of rotatable bonds is 23. The van der Waals surface area contributed by atoms with E-state index in [1.807, 2.05) is 6.92 Å². The largest absolute Gasteiger partial charge is 0.480 e. The summed E-state index contributed by atoms with van der Waals surface area (Å²) in [5, 5.41) is 18.3. The number of hydrogen-bond acceptors (Lipinski definition) is 4. The molecule has 0 spiro atoms. The Balaban J connectivity index is 3.20. The van der Waals surface area contributed by atoms with Crippen LogP contribution in [0.1, 0.15) is 124 Å². The van der Waals surface area contributed by atoms with E-state index in [2.05, 4.69) is 29.8 Å². The molecule has 0 saturated carbocycles. The van der Waals surface area contributed by atoms with Crippen molar-refractivity contribution in [2.45, 2.75) is 136 Å². The molecule has 0 aliphatic rings. The van der Waals surface area contributed by atoms with Crippen LogP contribution in [0.2, 0.25) is 0 Å². The Labute approximate surface area is 181 Å². The van der Waals surface area contributed by atoms with Crippen LogP contribution in [0, 0.1) is 0 Å². The molecule has 174 valence electrons. The monoisotopic (exact) mass is 413 g/mol.